The summed E-state index contributed by atoms with van der Waals surface area (Å²) in [4.78, 5) is 23.4. The predicted octanol–water partition coefficient (Wildman–Crippen LogP) is 5.26. The Labute approximate surface area is 224 Å². The third-order valence-corrected chi connectivity index (χ3v) is 6.40. The first-order chi connectivity index (χ1) is 18.6. The topological polar surface area (TPSA) is 109 Å². The first kappa shape index (κ1) is 25.3. The third-order valence-electron chi connectivity index (χ3n) is 5.61. The number of hydrogen-bond donors (Lipinski definition) is 1. The fourth-order valence-electron chi connectivity index (χ4n) is 3.87. The number of aryl methyl sites for hydroxylation is 1. The second-order valence-electron chi connectivity index (χ2n) is 8.20. The molecule has 10 nitrogen and oxygen atoms in total. The molecular formula is C27H27N7O3S. The van der Waals surface area contributed by atoms with E-state index in [1.54, 1.807) is 20.4 Å². The number of benzene rings is 1. The van der Waals surface area contributed by atoms with Crippen molar-refractivity contribution in [2.24, 2.45) is 0 Å². The molecule has 194 valence electrons. The lowest BCUT2D eigenvalue weighted by atomic mass is 10.2. The van der Waals surface area contributed by atoms with Crippen LogP contribution in [0.1, 0.15) is 18.2 Å². The van der Waals surface area contributed by atoms with Gasteiger partial charge in [-0.1, -0.05) is 18.2 Å². The van der Waals surface area contributed by atoms with Gasteiger partial charge in [0.05, 0.1) is 38.5 Å². The molecule has 0 radical (unpaired) electrons. The molecule has 0 aliphatic carbocycles. The van der Waals surface area contributed by atoms with E-state index >= 15 is 0 Å². The Hall–Kier alpha value is -4.38. The minimum Gasteiger partial charge on any atom is -0.494 e. The van der Waals surface area contributed by atoms with E-state index in [1.807, 2.05) is 73.1 Å². The minimum absolute atomic E-state index is 0.451. The van der Waals surface area contributed by atoms with Crippen molar-refractivity contribution in [3.63, 3.8) is 0 Å². The average Bonchev–Trinajstić information content (AvgIpc) is 3.32. The fourth-order valence-corrected chi connectivity index (χ4v) is 4.51. The van der Waals surface area contributed by atoms with Crippen LogP contribution in [0.15, 0.2) is 60.9 Å². The number of fused-ring (bicyclic) bond motifs is 1. The molecule has 0 atom stereocenters. The van der Waals surface area contributed by atoms with Gasteiger partial charge in [0.2, 0.25) is 5.88 Å². The maximum absolute atomic E-state index is 5.72. The fraction of sp³-hybridized carbons (Fsp3) is 0.222. The van der Waals surface area contributed by atoms with Crippen molar-refractivity contribution in [3.8, 4) is 34.6 Å². The standard InChI is InChI=1S/C27H27N7O3S/c1-5-37-23-11-6-8-19(30-23)26-32-25-27(34(26)24-20(35-3)9-7-10-21(24)36-4)31-22(15-29-25)33-38-16-18-13-12-17(2)14-28-18/h6-15H,5,16H2,1-4H3,(H,31,33). The van der Waals surface area contributed by atoms with Gasteiger partial charge in [-0.3, -0.25) is 9.55 Å². The number of methoxy groups -OCH3 is 2. The molecule has 0 saturated heterocycles. The van der Waals surface area contributed by atoms with Crippen LogP contribution < -0.4 is 18.9 Å². The van der Waals surface area contributed by atoms with Gasteiger partial charge in [0, 0.05) is 12.3 Å². The Balaban J connectivity index is 1.61. The van der Waals surface area contributed by atoms with Gasteiger partial charge < -0.3 is 18.9 Å². The summed E-state index contributed by atoms with van der Waals surface area (Å²) < 4.78 is 22.2. The van der Waals surface area contributed by atoms with E-state index in [9.17, 15) is 0 Å². The summed E-state index contributed by atoms with van der Waals surface area (Å²) in [7, 11) is 3.22. The SMILES string of the molecule is CCOc1cccc(-c2nc3ncc(NSCc4ccc(C)cn4)nc3n2-c2c(OC)cccc2OC)n1. The molecule has 4 aromatic heterocycles. The number of imidazole rings is 1. The van der Waals surface area contributed by atoms with Crippen LogP contribution in [0.25, 0.3) is 28.5 Å². The number of ether oxygens (including phenoxy) is 3. The zero-order valence-corrected chi connectivity index (χ0v) is 22.3. The summed E-state index contributed by atoms with van der Waals surface area (Å²) in [5.74, 6) is 3.45. The highest BCUT2D eigenvalue weighted by Crippen LogP contribution is 2.38. The molecule has 38 heavy (non-hydrogen) atoms. The highest BCUT2D eigenvalue weighted by atomic mass is 32.2. The molecule has 5 aromatic rings. The van der Waals surface area contributed by atoms with Crippen molar-refractivity contribution in [2.45, 2.75) is 19.6 Å². The van der Waals surface area contributed by atoms with E-state index in [-0.39, 0.29) is 0 Å². The summed E-state index contributed by atoms with van der Waals surface area (Å²) in [6, 6.07) is 15.2. The van der Waals surface area contributed by atoms with Crippen LogP contribution >= 0.6 is 11.9 Å². The number of nitrogens with one attached hydrogen (secondary N) is 1. The van der Waals surface area contributed by atoms with Crippen LogP contribution in [0.3, 0.4) is 0 Å². The highest BCUT2D eigenvalue weighted by Gasteiger charge is 2.24. The quantitative estimate of drug-likeness (QED) is 0.241. The predicted molar refractivity (Wildman–Crippen MR) is 148 cm³/mol. The van der Waals surface area contributed by atoms with E-state index in [4.69, 9.17) is 24.2 Å². The zero-order valence-electron chi connectivity index (χ0n) is 21.5. The van der Waals surface area contributed by atoms with Crippen LogP contribution in [0.5, 0.6) is 17.4 Å². The van der Waals surface area contributed by atoms with Gasteiger partial charge in [-0.2, -0.15) is 0 Å². The molecule has 11 heteroatoms. The second-order valence-corrected chi connectivity index (χ2v) is 8.98. The van der Waals surface area contributed by atoms with Crippen LogP contribution in [-0.4, -0.2) is 50.3 Å². The molecule has 1 aromatic carbocycles. The molecule has 0 saturated carbocycles. The van der Waals surface area contributed by atoms with Gasteiger partial charge in [-0.25, -0.2) is 19.9 Å². The molecule has 0 unspecified atom stereocenters. The highest BCUT2D eigenvalue weighted by molar-refractivity contribution is 7.99. The second kappa shape index (κ2) is 11.3. The third kappa shape index (κ3) is 5.18. The lowest BCUT2D eigenvalue weighted by molar-refractivity contribution is 0.327. The Morgan fingerprint density at radius 3 is 2.39 bits per heavy atom. The molecule has 0 spiro atoms. The normalized spacial score (nSPS) is 10.9. The van der Waals surface area contributed by atoms with E-state index in [1.165, 1.54) is 11.9 Å². The average molecular weight is 530 g/mol. The molecule has 0 fully saturated rings. The maximum atomic E-state index is 5.72. The molecule has 0 aliphatic rings. The van der Waals surface area contributed by atoms with Gasteiger partial charge >= 0.3 is 0 Å². The Morgan fingerprint density at radius 1 is 0.895 bits per heavy atom. The summed E-state index contributed by atoms with van der Waals surface area (Å²) in [5, 5.41) is 0. The zero-order chi connectivity index (χ0) is 26.5. The summed E-state index contributed by atoms with van der Waals surface area (Å²) >= 11 is 1.48. The Morgan fingerprint density at radius 2 is 1.68 bits per heavy atom. The summed E-state index contributed by atoms with van der Waals surface area (Å²) in [6.07, 6.45) is 3.51. The summed E-state index contributed by atoms with van der Waals surface area (Å²) in [5.41, 5.74) is 4.30. The van der Waals surface area contributed by atoms with Gasteiger partial charge in [0.25, 0.3) is 0 Å². The molecule has 0 amide bonds. The van der Waals surface area contributed by atoms with E-state index in [0.29, 0.717) is 64.1 Å². The van der Waals surface area contributed by atoms with Gasteiger partial charge in [0.15, 0.2) is 22.9 Å². The molecular weight excluding hydrogens is 502 g/mol. The van der Waals surface area contributed by atoms with Crippen molar-refractivity contribution in [1.82, 2.24) is 29.5 Å². The number of pyridine rings is 2. The monoisotopic (exact) mass is 529 g/mol. The minimum atomic E-state index is 0.451. The summed E-state index contributed by atoms with van der Waals surface area (Å²) in [6.45, 7) is 4.43. The lowest BCUT2D eigenvalue weighted by Gasteiger charge is -2.16. The number of aromatic nitrogens is 6. The van der Waals surface area contributed by atoms with E-state index < -0.39 is 0 Å². The van der Waals surface area contributed by atoms with Gasteiger partial charge in [0.1, 0.15) is 22.9 Å². The molecule has 1 N–H and O–H groups in total. The largest absolute Gasteiger partial charge is 0.494 e. The Bertz CT molecular complexity index is 1530. The molecule has 4 heterocycles. The Kier molecular flexibility index (Phi) is 7.55. The van der Waals surface area contributed by atoms with Crippen LogP contribution in [-0.2, 0) is 5.75 Å². The van der Waals surface area contributed by atoms with Crippen molar-refractivity contribution >= 4 is 29.1 Å². The van der Waals surface area contributed by atoms with Crippen LogP contribution in [0, 0.1) is 6.92 Å². The van der Waals surface area contributed by atoms with Gasteiger partial charge in [-0.15, -0.1) is 0 Å². The lowest BCUT2D eigenvalue weighted by Crippen LogP contribution is -2.06. The van der Waals surface area contributed by atoms with Crippen molar-refractivity contribution in [2.75, 3.05) is 25.5 Å². The van der Waals surface area contributed by atoms with Crippen molar-refractivity contribution in [1.29, 1.82) is 0 Å². The van der Waals surface area contributed by atoms with Crippen molar-refractivity contribution in [3.05, 3.63) is 72.2 Å². The molecule has 0 aliphatic heterocycles. The first-order valence-corrected chi connectivity index (χ1v) is 13.0. The first-order valence-electron chi connectivity index (χ1n) is 12.0. The van der Waals surface area contributed by atoms with Gasteiger partial charge in [-0.05, 0) is 55.6 Å². The molecule has 5 rings (SSSR count). The number of rotatable bonds is 10. The number of anilines is 1. The van der Waals surface area contributed by atoms with Crippen molar-refractivity contribution < 1.29 is 14.2 Å². The number of para-hydroxylation sites is 1. The van der Waals surface area contributed by atoms with Crippen LogP contribution in [0.2, 0.25) is 0 Å². The molecule has 0 bridgehead atoms. The van der Waals surface area contributed by atoms with Crippen LogP contribution in [0.4, 0.5) is 5.82 Å². The smallest absolute Gasteiger partial charge is 0.213 e. The maximum Gasteiger partial charge on any atom is 0.213 e. The van der Waals surface area contributed by atoms with E-state index in [0.717, 1.165) is 11.3 Å². The number of nitrogens with zero attached hydrogens (tertiary/aromatic N) is 6. The van der Waals surface area contributed by atoms with E-state index in [2.05, 4.69) is 19.7 Å². The number of hydrogen-bond acceptors (Lipinski definition) is 10.